The Morgan fingerprint density at radius 3 is 2.19 bits per heavy atom. The van der Waals surface area contributed by atoms with Crippen LogP contribution in [0.2, 0.25) is 0 Å². The van der Waals surface area contributed by atoms with E-state index in [1.165, 1.54) is 6.07 Å². The first-order valence-corrected chi connectivity index (χ1v) is 6.30. The Kier molecular flexibility index (Phi) is 4.98. The molecular formula is C11H17ClO3S. The molecule has 5 heteroatoms. The Bertz CT molecular complexity index is 452. The first-order chi connectivity index (χ1) is 6.79. The summed E-state index contributed by atoms with van der Waals surface area (Å²) >= 11 is 0. The molecule has 3 nitrogen and oxygen atoms in total. The highest BCUT2D eigenvalue weighted by atomic mass is 35.5. The van der Waals surface area contributed by atoms with E-state index in [9.17, 15) is 8.42 Å². The number of benzene rings is 1. The third-order valence-electron chi connectivity index (χ3n) is 2.78. The lowest BCUT2D eigenvalue weighted by Crippen LogP contribution is -2.19. The van der Waals surface area contributed by atoms with E-state index in [2.05, 4.69) is 0 Å². The molecule has 16 heavy (non-hydrogen) atoms. The van der Waals surface area contributed by atoms with Crippen LogP contribution in [0.25, 0.3) is 0 Å². The Morgan fingerprint density at radius 1 is 1.25 bits per heavy atom. The van der Waals surface area contributed by atoms with E-state index in [-0.39, 0.29) is 22.7 Å². The molecule has 0 bridgehead atoms. The molecular weight excluding hydrogens is 248 g/mol. The van der Waals surface area contributed by atoms with Gasteiger partial charge in [0.2, 0.25) is 0 Å². The molecule has 0 radical (unpaired) electrons. The van der Waals surface area contributed by atoms with E-state index in [0.29, 0.717) is 5.56 Å². The van der Waals surface area contributed by atoms with Gasteiger partial charge in [-0.15, -0.1) is 12.4 Å². The van der Waals surface area contributed by atoms with Crippen molar-refractivity contribution in [2.45, 2.75) is 37.5 Å². The maximum absolute atomic E-state index is 11.2. The van der Waals surface area contributed by atoms with Crippen molar-refractivity contribution in [2.75, 3.05) is 0 Å². The van der Waals surface area contributed by atoms with Crippen LogP contribution in [0.1, 0.15) is 32.8 Å². The lowest BCUT2D eigenvalue weighted by Gasteiger charge is -2.25. The minimum atomic E-state index is -4.13. The third kappa shape index (κ3) is 3.20. The van der Waals surface area contributed by atoms with Crippen LogP contribution in [0.15, 0.2) is 29.2 Å². The summed E-state index contributed by atoms with van der Waals surface area (Å²) in [6.45, 7) is 5.90. The molecule has 0 unspecified atom stereocenters. The summed E-state index contributed by atoms with van der Waals surface area (Å²) in [6, 6.07) is 6.56. The fraction of sp³-hybridized carbons (Fsp3) is 0.455. The summed E-state index contributed by atoms with van der Waals surface area (Å²) < 4.78 is 31.4. The second kappa shape index (κ2) is 5.17. The average Bonchev–Trinajstić information content (AvgIpc) is 2.16. The second-order valence-corrected chi connectivity index (χ2v) is 5.60. The molecule has 0 spiro atoms. The lowest BCUT2D eigenvalue weighted by molar-refractivity contribution is 0.464. The van der Waals surface area contributed by atoms with Crippen LogP contribution >= 0.6 is 12.4 Å². The normalized spacial score (nSPS) is 12.0. The van der Waals surface area contributed by atoms with Crippen molar-refractivity contribution in [2.24, 2.45) is 0 Å². The molecule has 1 rings (SSSR count). The van der Waals surface area contributed by atoms with E-state index in [1.54, 1.807) is 18.2 Å². The van der Waals surface area contributed by atoms with Gasteiger partial charge in [-0.1, -0.05) is 39.0 Å². The van der Waals surface area contributed by atoms with Crippen LogP contribution < -0.4 is 0 Å². The van der Waals surface area contributed by atoms with Crippen molar-refractivity contribution < 1.29 is 13.0 Å². The zero-order valence-electron chi connectivity index (χ0n) is 9.60. The maximum Gasteiger partial charge on any atom is 0.294 e. The minimum Gasteiger partial charge on any atom is -0.282 e. The standard InChI is InChI=1S/C11H16O3S.ClH/c1-4-11(2,3)9-7-5-6-8-10(9)15(12,13)14;/h5-8H,4H2,1-3H3,(H,12,13,14);1H. The number of hydrogen-bond donors (Lipinski definition) is 1. The van der Waals surface area contributed by atoms with E-state index in [0.717, 1.165) is 6.42 Å². The fourth-order valence-electron chi connectivity index (χ4n) is 1.44. The molecule has 0 aromatic heterocycles. The summed E-state index contributed by atoms with van der Waals surface area (Å²) in [5.74, 6) is 0. The van der Waals surface area contributed by atoms with Crippen molar-refractivity contribution in [3.63, 3.8) is 0 Å². The SMILES string of the molecule is CCC(C)(C)c1ccccc1S(=O)(=O)O.Cl. The summed E-state index contributed by atoms with van der Waals surface area (Å²) in [6.07, 6.45) is 0.805. The molecule has 0 saturated heterocycles. The highest BCUT2D eigenvalue weighted by molar-refractivity contribution is 7.85. The number of halogens is 1. The van der Waals surface area contributed by atoms with E-state index in [4.69, 9.17) is 4.55 Å². The van der Waals surface area contributed by atoms with Gasteiger partial charge in [0.1, 0.15) is 0 Å². The lowest BCUT2D eigenvalue weighted by atomic mass is 9.82. The molecule has 92 valence electrons. The first-order valence-electron chi connectivity index (χ1n) is 4.86. The molecule has 1 aromatic rings. The van der Waals surface area contributed by atoms with Gasteiger partial charge in [-0.05, 0) is 23.5 Å². The molecule has 0 heterocycles. The number of rotatable bonds is 3. The quantitative estimate of drug-likeness (QED) is 0.854. The third-order valence-corrected chi connectivity index (χ3v) is 3.69. The van der Waals surface area contributed by atoms with Crippen LogP contribution in [0.5, 0.6) is 0 Å². The molecule has 1 aromatic carbocycles. The largest absolute Gasteiger partial charge is 0.294 e. The highest BCUT2D eigenvalue weighted by Crippen LogP contribution is 2.31. The van der Waals surface area contributed by atoms with Crippen molar-refractivity contribution in [1.29, 1.82) is 0 Å². The van der Waals surface area contributed by atoms with Crippen LogP contribution in [0, 0.1) is 0 Å². The van der Waals surface area contributed by atoms with E-state index < -0.39 is 10.1 Å². The van der Waals surface area contributed by atoms with Gasteiger partial charge in [0, 0.05) is 0 Å². The second-order valence-electron chi connectivity index (χ2n) is 4.21. The van der Waals surface area contributed by atoms with Gasteiger partial charge in [-0.25, -0.2) is 0 Å². The number of hydrogen-bond acceptors (Lipinski definition) is 2. The molecule has 0 saturated carbocycles. The van der Waals surface area contributed by atoms with Crippen molar-refractivity contribution >= 4 is 22.5 Å². The zero-order valence-corrected chi connectivity index (χ0v) is 11.2. The monoisotopic (exact) mass is 264 g/mol. The summed E-state index contributed by atoms with van der Waals surface area (Å²) in [4.78, 5) is 0.0110. The molecule has 0 aliphatic carbocycles. The van der Waals surface area contributed by atoms with Gasteiger partial charge in [-0.3, -0.25) is 4.55 Å². The summed E-state index contributed by atoms with van der Waals surface area (Å²) in [5, 5.41) is 0. The average molecular weight is 265 g/mol. The Morgan fingerprint density at radius 2 is 1.75 bits per heavy atom. The van der Waals surface area contributed by atoms with E-state index in [1.807, 2.05) is 20.8 Å². The van der Waals surface area contributed by atoms with E-state index >= 15 is 0 Å². The highest BCUT2D eigenvalue weighted by Gasteiger charge is 2.25. The molecule has 0 amide bonds. The first kappa shape index (κ1) is 15.4. The molecule has 0 atom stereocenters. The minimum absolute atomic E-state index is 0. The molecule has 0 fully saturated rings. The van der Waals surface area contributed by atoms with Crippen LogP contribution in [-0.2, 0) is 15.5 Å². The predicted octanol–water partition coefficient (Wildman–Crippen LogP) is 3.04. The Hall–Kier alpha value is -0.580. The van der Waals surface area contributed by atoms with Crippen LogP contribution in [0.4, 0.5) is 0 Å². The van der Waals surface area contributed by atoms with Crippen molar-refractivity contribution in [3.8, 4) is 0 Å². The van der Waals surface area contributed by atoms with Crippen molar-refractivity contribution in [1.82, 2.24) is 0 Å². The predicted molar refractivity (Wildman–Crippen MR) is 66.8 cm³/mol. The molecule has 1 N–H and O–H groups in total. The van der Waals surface area contributed by atoms with Crippen molar-refractivity contribution in [3.05, 3.63) is 29.8 Å². The maximum atomic E-state index is 11.2. The van der Waals surface area contributed by atoms with Gasteiger partial charge in [0.05, 0.1) is 4.90 Å². The molecule has 0 aliphatic rings. The topological polar surface area (TPSA) is 54.4 Å². The van der Waals surface area contributed by atoms with Gasteiger partial charge < -0.3 is 0 Å². The van der Waals surface area contributed by atoms with Gasteiger partial charge in [0.15, 0.2) is 0 Å². The molecule has 0 aliphatic heterocycles. The smallest absolute Gasteiger partial charge is 0.282 e. The van der Waals surface area contributed by atoms with Gasteiger partial charge in [-0.2, -0.15) is 8.42 Å². The van der Waals surface area contributed by atoms with Crippen LogP contribution in [0.3, 0.4) is 0 Å². The summed E-state index contributed by atoms with van der Waals surface area (Å²) in [7, 11) is -4.13. The zero-order chi connectivity index (χ0) is 11.7. The summed E-state index contributed by atoms with van der Waals surface area (Å²) in [5.41, 5.74) is 0.404. The van der Waals surface area contributed by atoms with Gasteiger partial charge >= 0.3 is 0 Å². The Balaban J connectivity index is 0.00000225. The fourth-order valence-corrected chi connectivity index (χ4v) is 2.31. The Labute approximate surface area is 103 Å². The van der Waals surface area contributed by atoms with Crippen LogP contribution in [-0.4, -0.2) is 13.0 Å². The van der Waals surface area contributed by atoms with Gasteiger partial charge in [0.25, 0.3) is 10.1 Å².